The molecule has 0 aliphatic rings. The minimum Gasteiger partial charge on any atom is -0.497 e. The lowest BCUT2D eigenvalue weighted by Gasteiger charge is -2.26. The molecule has 0 N–H and O–H groups in total. The summed E-state index contributed by atoms with van der Waals surface area (Å²) in [5.41, 5.74) is 0.734. The quantitative estimate of drug-likeness (QED) is 0.521. The molecule has 7 nitrogen and oxygen atoms in total. The lowest BCUT2D eigenvalue weighted by Crippen LogP contribution is -2.37. The van der Waals surface area contributed by atoms with Crippen LogP contribution in [0.25, 0.3) is 11.4 Å². The molecule has 29 heavy (non-hydrogen) atoms. The Kier molecular flexibility index (Phi) is 6.56. The molecule has 0 aliphatic heterocycles. The first kappa shape index (κ1) is 21.3. The zero-order valence-electron chi connectivity index (χ0n) is 16.4. The molecule has 3 rings (SSSR count). The summed E-state index contributed by atoms with van der Waals surface area (Å²) >= 11 is 5.91. The first-order chi connectivity index (χ1) is 13.8. The number of halogens is 1. The summed E-state index contributed by atoms with van der Waals surface area (Å²) in [6.07, 6.45) is 0.633. The number of nitrogens with zero attached hydrogens (tertiary/aromatic N) is 3. The summed E-state index contributed by atoms with van der Waals surface area (Å²) in [5.74, 6) is 1.18. The SMILES string of the molecule is CC[C@H](C)N(Cc1nc(-c2ccc(Cl)cc2)no1)S(=O)(=O)c1ccc(OC)cc1. The zero-order valence-corrected chi connectivity index (χ0v) is 17.9. The average molecular weight is 436 g/mol. The zero-order chi connectivity index (χ0) is 21.0. The lowest BCUT2D eigenvalue weighted by atomic mass is 10.2. The third-order valence-electron chi connectivity index (χ3n) is 4.61. The van der Waals surface area contributed by atoms with E-state index in [0.29, 0.717) is 23.0 Å². The van der Waals surface area contributed by atoms with Crippen LogP contribution in [0.2, 0.25) is 5.02 Å². The Balaban J connectivity index is 1.88. The van der Waals surface area contributed by atoms with Crippen molar-refractivity contribution in [3.8, 4) is 17.1 Å². The summed E-state index contributed by atoms with van der Waals surface area (Å²) in [4.78, 5) is 4.53. The van der Waals surface area contributed by atoms with Crippen molar-refractivity contribution >= 4 is 21.6 Å². The third-order valence-corrected chi connectivity index (χ3v) is 6.84. The van der Waals surface area contributed by atoms with Crippen molar-refractivity contribution in [1.82, 2.24) is 14.4 Å². The van der Waals surface area contributed by atoms with Gasteiger partial charge in [-0.1, -0.05) is 23.7 Å². The van der Waals surface area contributed by atoms with E-state index in [-0.39, 0.29) is 23.4 Å². The summed E-state index contributed by atoms with van der Waals surface area (Å²) in [6.45, 7) is 3.75. The van der Waals surface area contributed by atoms with Crippen molar-refractivity contribution in [2.45, 2.75) is 37.8 Å². The number of rotatable bonds is 8. The van der Waals surface area contributed by atoms with Gasteiger partial charge in [-0.3, -0.25) is 0 Å². The molecule has 0 radical (unpaired) electrons. The number of hydrogen-bond donors (Lipinski definition) is 0. The third kappa shape index (κ3) is 4.77. The summed E-state index contributed by atoms with van der Waals surface area (Å²) in [7, 11) is -2.23. The number of ether oxygens (including phenoxy) is 1. The maximum atomic E-state index is 13.2. The molecule has 1 atom stereocenters. The minimum atomic E-state index is -3.76. The van der Waals surface area contributed by atoms with E-state index in [9.17, 15) is 8.42 Å². The molecule has 0 aliphatic carbocycles. The average Bonchev–Trinajstić information content (AvgIpc) is 3.20. The van der Waals surface area contributed by atoms with Crippen molar-refractivity contribution < 1.29 is 17.7 Å². The highest BCUT2D eigenvalue weighted by molar-refractivity contribution is 7.89. The number of benzene rings is 2. The monoisotopic (exact) mass is 435 g/mol. The highest BCUT2D eigenvalue weighted by atomic mass is 35.5. The molecule has 0 fully saturated rings. The molecular weight excluding hydrogens is 414 g/mol. The molecule has 0 saturated carbocycles. The second kappa shape index (κ2) is 8.94. The van der Waals surface area contributed by atoms with E-state index >= 15 is 0 Å². The van der Waals surface area contributed by atoms with Crippen molar-refractivity contribution in [3.63, 3.8) is 0 Å². The largest absolute Gasteiger partial charge is 0.497 e. The molecule has 2 aromatic carbocycles. The Morgan fingerprint density at radius 3 is 2.38 bits per heavy atom. The highest BCUT2D eigenvalue weighted by Crippen LogP contribution is 2.25. The van der Waals surface area contributed by atoms with Crippen LogP contribution >= 0.6 is 11.6 Å². The van der Waals surface area contributed by atoms with Gasteiger partial charge in [-0.15, -0.1) is 0 Å². The van der Waals surface area contributed by atoms with Gasteiger partial charge >= 0.3 is 0 Å². The van der Waals surface area contributed by atoms with Crippen LogP contribution in [-0.4, -0.2) is 36.0 Å². The molecule has 1 aromatic heterocycles. The molecule has 0 spiro atoms. The highest BCUT2D eigenvalue weighted by Gasteiger charge is 2.30. The van der Waals surface area contributed by atoms with Gasteiger partial charge in [-0.2, -0.15) is 9.29 Å². The number of sulfonamides is 1. The van der Waals surface area contributed by atoms with Crippen LogP contribution < -0.4 is 4.74 Å². The van der Waals surface area contributed by atoms with Crippen LogP contribution in [-0.2, 0) is 16.6 Å². The number of methoxy groups -OCH3 is 1. The summed E-state index contributed by atoms with van der Waals surface area (Å²) < 4.78 is 38.3. The van der Waals surface area contributed by atoms with E-state index in [4.69, 9.17) is 20.9 Å². The maximum absolute atomic E-state index is 13.2. The van der Waals surface area contributed by atoms with Crippen LogP contribution in [0.3, 0.4) is 0 Å². The molecule has 0 saturated heterocycles. The van der Waals surface area contributed by atoms with Crippen molar-refractivity contribution in [2.75, 3.05) is 7.11 Å². The predicted molar refractivity (Wildman–Crippen MR) is 110 cm³/mol. The Hall–Kier alpha value is -2.42. The second-order valence-electron chi connectivity index (χ2n) is 6.50. The van der Waals surface area contributed by atoms with E-state index in [1.807, 2.05) is 13.8 Å². The Morgan fingerprint density at radius 1 is 1.14 bits per heavy atom. The van der Waals surface area contributed by atoms with E-state index in [1.54, 1.807) is 36.4 Å². The molecule has 0 bridgehead atoms. The van der Waals surface area contributed by atoms with Crippen LogP contribution in [0, 0.1) is 0 Å². The summed E-state index contributed by atoms with van der Waals surface area (Å²) in [6, 6.07) is 13.0. The molecular formula is C20H22ClN3O4S. The van der Waals surface area contributed by atoms with Gasteiger partial charge in [0.05, 0.1) is 18.6 Å². The fourth-order valence-electron chi connectivity index (χ4n) is 2.73. The van der Waals surface area contributed by atoms with Crippen LogP contribution in [0.5, 0.6) is 5.75 Å². The van der Waals surface area contributed by atoms with Crippen molar-refractivity contribution in [1.29, 1.82) is 0 Å². The van der Waals surface area contributed by atoms with Gasteiger partial charge in [0, 0.05) is 16.6 Å². The molecule has 0 amide bonds. The number of hydrogen-bond acceptors (Lipinski definition) is 6. The van der Waals surface area contributed by atoms with Gasteiger partial charge in [0.25, 0.3) is 0 Å². The van der Waals surface area contributed by atoms with Crippen LogP contribution in [0.1, 0.15) is 26.2 Å². The normalized spacial score (nSPS) is 12.9. The standard InChI is InChI=1S/C20H22ClN3O4S/c1-4-14(2)24(29(25,26)18-11-9-17(27-3)10-12-18)13-19-22-20(23-28-19)15-5-7-16(21)8-6-15/h5-12,14H,4,13H2,1-3H3/t14-/m0/s1. The Morgan fingerprint density at radius 2 is 1.79 bits per heavy atom. The van der Waals surface area contributed by atoms with Crippen LogP contribution in [0.15, 0.2) is 57.9 Å². The van der Waals surface area contributed by atoms with Gasteiger partial charge in [0.2, 0.25) is 21.7 Å². The van der Waals surface area contributed by atoms with Crippen LogP contribution in [0.4, 0.5) is 0 Å². The van der Waals surface area contributed by atoms with E-state index in [0.717, 1.165) is 5.56 Å². The smallest absolute Gasteiger partial charge is 0.243 e. The molecule has 9 heteroatoms. The maximum Gasteiger partial charge on any atom is 0.243 e. The summed E-state index contributed by atoms with van der Waals surface area (Å²) in [5, 5.41) is 4.57. The van der Waals surface area contributed by atoms with Crippen molar-refractivity contribution in [3.05, 3.63) is 59.4 Å². The second-order valence-corrected chi connectivity index (χ2v) is 8.83. The molecule has 0 unspecified atom stereocenters. The lowest BCUT2D eigenvalue weighted by molar-refractivity contribution is 0.272. The number of aromatic nitrogens is 2. The van der Waals surface area contributed by atoms with Gasteiger partial charge in [-0.05, 0) is 61.9 Å². The first-order valence-corrected chi connectivity index (χ1v) is 10.9. The first-order valence-electron chi connectivity index (χ1n) is 9.09. The minimum absolute atomic E-state index is 0.0239. The van der Waals surface area contributed by atoms with Gasteiger partial charge in [0.15, 0.2) is 0 Å². The molecule has 1 heterocycles. The van der Waals surface area contributed by atoms with E-state index in [2.05, 4.69) is 10.1 Å². The Labute approximate surface area is 175 Å². The fraction of sp³-hybridized carbons (Fsp3) is 0.300. The Bertz CT molecular complexity index is 1050. The van der Waals surface area contributed by atoms with E-state index < -0.39 is 10.0 Å². The molecule has 154 valence electrons. The fourth-order valence-corrected chi connectivity index (χ4v) is 4.51. The van der Waals surface area contributed by atoms with Gasteiger partial charge in [-0.25, -0.2) is 8.42 Å². The van der Waals surface area contributed by atoms with Gasteiger partial charge in [0.1, 0.15) is 5.75 Å². The van der Waals surface area contributed by atoms with E-state index in [1.165, 1.54) is 23.5 Å². The van der Waals surface area contributed by atoms with Crippen molar-refractivity contribution in [2.24, 2.45) is 0 Å². The molecule has 3 aromatic rings. The predicted octanol–water partition coefficient (Wildman–Crippen LogP) is 4.39. The van der Waals surface area contributed by atoms with Gasteiger partial charge < -0.3 is 9.26 Å². The topological polar surface area (TPSA) is 85.5 Å².